The molecule has 124 valence electrons. The van der Waals surface area contributed by atoms with Crippen LogP contribution in [0, 0.1) is 6.92 Å². The van der Waals surface area contributed by atoms with Gasteiger partial charge in [-0.1, -0.05) is 29.4 Å². The highest BCUT2D eigenvalue weighted by atomic mass is 35.5. The molecule has 24 heavy (non-hydrogen) atoms. The van der Waals surface area contributed by atoms with E-state index >= 15 is 0 Å². The van der Waals surface area contributed by atoms with Crippen LogP contribution in [0.2, 0.25) is 5.02 Å². The van der Waals surface area contributed by atoms with Gasteiger partial charge in [-0.25, -0.2) is 9.50 Å². The van der Waals surface area contributed by atoms with Gasteiger partial charge in [0, 0.05) is 21.3 Å². The third-order valence-electron chi connectivity index (χ3n) is 4.40. The summed E-state index contributed by atoms with van der Waals surface area (Å²) in [6.45, 7) is 2.13. The van der Waals surface area contributed by atoms with Gasteiger partial charge in [0.15, 0.2) is 5.65 Å². The molecule has 0 atom stereocenters. The molecule has 0 spiro atoms. The number of rotatable bonds is 3. The Hall–Kier alpha value is -1.17. The van der Waals surface area contributed by atoms with E-state index in [1.54, 1.807) is 23.5 Å². The van der Waals surface area contributed by atoms with Crippen molar-refractivity contribution in [2.45, 2.75) is 47.4 Å². The number of fused-ring (bicyclic) bond motifs is 3. The summed E-state index contributed by atoms with van der Waals surface area (Å²) in [7, 11) is 0. The molecule has 4 rings (SSSR count). The number of aromatic nitrogens is 3. The second-order valence-corrected chi connectivity index (χ2v) is 8.28. The van der Waals surface area contributed by atoms with Gasteiger partial charge in [0.05, 0.1) is 4.90 Å². The fraction of sp³-hybridized carbons (Fsp3) is 0.333. The van der Waals surface area contributed by atoms with Crippen molar-refractivity contribution in [3.63, 3.8) is 0 Å². The van der Waals surface area contributed by atoms with Crippen LogP contribution in [0.5, 0.6) is 0 Å². The van der Waals surface area contributed by atoms with E-state index in [2.05, 4.69) is 23.8 Å². The molecule has 1 aliphatic rings. The van der Waals surface area contributed by atoms with Crippen LogP contribution in [0.4, 0.5) is 0 Å². The Kier molecular flexibility index (Phi) is 4.50. The topological polar surface area (TPSA) is 30.2 Å². The first-order chi connectivity index (χ1) is 11.7. The Morgan fingerprint density at radius 1 is 1.21 bits per heavy atom. The van der Waals surface area contributed by atoms with Crippen LogP contribution in [-0.4, -0.2) is 20.9 Å². The summed E-state index contributed by atoms with van der Waals surface area (Å²) in [6, 6.07) is 7.95. The first-order valence-corrected chi connectivity index (χ1v) is 10.5. The van der Waals surface area contributed by atoms with Crippen molar-refractivity contribution < 1.29 is 0 Å². The summed E-state index contributed by atoms with van der Waals surface area (Å²) in [5, 5.41) is 6.65. The largest absolute Gasteiger partial charge is 0.232 e. The Morgan fingerprint density at radius 3 is 2.83 bits per heavy atom. The predicted octanol–water partition coefficient (Wildman–Crippen LogP) is 5.44. The molecule has 2 heterocycles. The standard InChI is InChI=1S/C18H18ClN3S2/c1-11-14-8-3-4-9-15(14)22-17(20-11)16(18(21-22)23-2)24-13-7-5-6-12(19)10-13/h5-7,10H,3-4,8-9H2,1-2H3. The van der Waals surface area contributed by atoms with Crippen molar-refractivity contribution in [2.75, 3.05) is 6.26 Å². The molecule has 1 aliphatic carbocycles. The Balaban J connectivity index is 1.89. The number of aryl methyl sites for hydroxylation is 2. The van der Waals surface area contributed by atoms with Gasteiger partial charge in [-0.3, -0.25) is 0 Å². The zero-order chi connectivity index (χ0) is 16.7. The average Bonchev–Trinajstić information content (AvgIpc) is 2.93. The molecule has 6 heteroatoms. The summed E-state index contributed by atoms with van der Waals surface area (Å²) in [6.07, 6.45) is 6.77. The van der Waals surface area contributed by atoms with Crippen LogP contribution in [0.15, 0.2) is 39.1 Å². The van der Waals surface area contributed by atoms with Crippen molar-refractivity contribution in [3.8, 4) is 0 Å². The molecule has 0 amide bonds. The van der Waals surface area contributed by atoms with Crippen molar-refractivity contribution in [1.29, 1.82) is 0 Å². The van der Waals surface area contributed by atoms with Crippen molar-refractivity contribution in [3.05, 3.63) is 46.2 Å². The zero-order valence-corrected chi connectivity index (χ0v) is 16.1. The van der Waals surface area contributed by atoms with Crippen molar-refractivity contribution in [1.82, 2.24) is 14.6 Å². The highest BCUT2D eigenvalue weighted by molar-refractivity contribution is 8.02. The molecule has 0 N–H and O–H groups in total. The van der Waals surface area contributed by atoms with Gasteiger partial charge >= 0.3 is 0 Å². The molecule has 0 saturated carbocycles. The monoisotopic (exact) mass is 375 g/mol. The Morgan fingerprint density at radius 2 is 2.04 bits per heavy atom. The quantitative estimate of drug-likeness (QED) is 0.570. The molecule has 0 fully saturated rings. The first kappa shape index (κ1) is 16.3. The average molecular weight is 376 g/mol. The third kappa shape index (κ3) is 2.83. The molecule has 0 unspecified atom stereocenters. The van der Waals surface area contributed by atoms with Crippen LogP contribution in [0.25, 0.3) is 5.65 Å². The third-order valence-corrected chi connectivity index (χ3v) is 6.51. The summed E-state index contributed by atoms with van der Waals surface area (Å²) in [4.78, 5) is 7.15. The first-order valence-electron chi connectivity index (χ1n) is 8.06. The highest BCUT2D eigenvalue weighted by Crippen LogP contribution is 2.39. The van der Waals surface area contributed by atoms with Crippen molar-refractivity contribution in [2.24, 2.45) is 0 Å². The summed E-state index contributed by atoms with van der Waals surface area (Å²) in [5.41, 5.74) is 4.86. The Labute approximate surface area is 155 Å². The molecular formula is C18H18ClN3S2. The lowest BCUT2D eigenvalue weighted by molar-refractivity contribution is 0.632. The maximum atomic E-state index is 6.14. The number of thioether (sulfide) groups is 1. The number of benzene rings is 1. The molecule has 3 aromatic rings. The summed E-state index contributed by atoms with van der Waals surface area (Å²) in [5.74, 6) is 0. The minimum absolute atomic E-state index is 0.753. The number of hydrogen-bond donors (Lipinski definition) is 0. The maximum absolute atomic E-state index is 6.14. The van der Waals surface area contributed by atoms with Gasteiger partial charge in [0.1, 0.15) is 5.03 Å². The van der Waals surface area contributed by atoms with Crippen LogP contribution in [0.1, 0.15) is 29.8 Å². The van der Waals surface area contributed by atoms with E-state index in [4.69, 9.17) is 21.7 Å². The predicted molar refractivity (Wildman–Crippen MR) is 102 cm³/mol. The lowest BCUT2D eigenvalue weighted by Crippen LogP contribution is -2.13. The summed E-state index contributed by atoms with van der Waals surface area (Å²) >= 11 is 9.51. The van der Waals surface area contributed by atoms with Crippen LogP contribution < -0.4 is 0 Å². The van der Waals surface area contributed by atoms with E-state index in [-0.39, 0.29) is 0 Å². The van der Waals surface area contributed by atoms with Crippen LogP contribution in [-0.2, 0) is 12.8 Å². The highest BCUT2D eigenvalue weighted by Gasteiger charge is 2.22. The second-order valence-electron chi connectivity index (χ2n) is 5.96. The zero-order valence-electron chi connectivity index (χ0n) is 13.7. The molecule has 0 aliphatic heterocycles. The number of hydrogen-bond acceptors (Lipinski definition) is 4. The number of nitrogens with zero attached hydrogens (tertiary/aromatic N) is 3. The molecular weight excluding hydrogens is 358 g/mol. The van der Waals surface area contributed by atoms with E-state index in [0.717, 1.165) is 44.0 Å². The SMILES string of the molecule is CSc1nn2c3c(c(C)nc2c1Sc1cccc(Cl)c1)CCCC3. The minimum atomic E-state index is 0.753. The maximum Gasteiger partial charge on any atom is 0.170 e. The number of halogens is 1. The van der Waals surface area contributed by atoms with Crippen LogP contribution >= 0.6 is 35.1 Å². The second kappa shape index (κ2) is 6.62. The summed E-state index contributed by atoms with van der Waals surface area (Å²) < 4.78 is 2.08. The molecule has 0 radical (unpaired) electrons. The minimum Gasteiger partial charge on any atom is -0.232 e. The van der Waals surface area contributed by atoms with E-state index in [1.165, 1.54) is 24.1 Å². The van der Waals surface area contributed by atoms with E-state index in [0.29, 0.717) is 0 Å². The lowest BCUT2D eigenvalue weighted by atomic mass is 9.95. The lowest BCUT2D eigenvalue weighted by Gasteiger charge is -2.18. The normalized spacial score (nSPS) is 14.1. The molecule has 2 aromatic heterocycles. The van der Waals surface area contributed by atoms with Gasteiger partial charge in [0.2, 0.25) is 0 Å². The Bertz CT molecular complexity index is 920. The van der Waals surface area contributed by atoms with E-state index in [9.17, 15) is 0 Å². The fourth-order valence-corrected chi connectivity index (χ4v) is 5.26. The van der Waals surface area contributed by atoms with E-state index < -0.39 is 0 Å². The van der Waals surface area contributed by atoms with Gasteiger partial charge in [-0.15, -0.1) is 11.8 Å². The van der Waals surface area contributed by atoms with Gasteiger partial charge in [-0.2, -0.15) is 5.10 Å². The molecule has 1 aromatic carbocycles. The van der Waals surface area contributed by atoms with Gasteiger partial charge in [-0.05, 0) is 62.6 Å². The van der Waals surface area contributed by atoms with Crippen molar-refractivity contribution >= 4 is 40.8 Å². The molecule has 0 saturated heterocycles. The molecule has 3 nitrogen and oxygen atoms in total. The molecule has 0 bridgehead atoms. The fourth-order valence-electron chi connectivity index (χ4n) is 3.27. The van der Waals surface area contributed by atoms with Gasteiger partial charge in [0.25, 0.3) is 0 Å². The van der Waals surface area contributed by atoms with Gasteiger partial charge < -0.3 is 0 Å². The van der Waals surface area contributed by atoms with E-state index in [1.807, 2.05) is 18.2 Å². The smallest absolute Gasteiger partial charge is 0.170 e. The van der Waals surface area contributed by atoms with Crippen LogP contribution in [0.3, 0.4) is 0 Å².